The summed E-state index contributed by atoms with van der Waals surface area (Å²) in [5, 5.41) is 0.428. The second-order valence-corrected chi connectivity index (χ2v) is 10.5. The molecule has 1 fully saturated rings. The third-order valence-electron chi connectivity index (χ3n) is 5.12. The predicted octanol–water partition coefficient (Wildman–Crippen LogP) is 5.83. The lowest BCUT2D eigenvalue weighted by Crippen LogP contribution is -2.33. The Hall–Kier alpha value is -1.83. The van der Waals surface area contributed by atoms with Gasteiger partial charge in [-0.15, -0.1) is 0 Å². The number of oxazole rings is 1. The summed E-state index contributed by atoms with van der Waals surface area (Å²) in [6.45, 7) is 3.68. The summed E-state index contributed by atoms with van der Waals surface area (Å²) in [6, 6.07) is 13.5. The molecule has 2 heterocycles. The van der Waals surface area contributed by atoms with Crippen molar-refractivity contribution in [2.75, 3.05) is 18.0 Å². The quantitative estimate of drug-likeness (QED) is 0.456. The Morgan fingerprint density at radius 3 is 2.31 bits per heavy atom. The summed E-state index contributed by atoms with van der Waals surface area (Å²) >= 11 is 9.34. The molecule has 1 aliphatic rings. The molecule has 2 aromatic carbocycles. The number of rotatable bonds is 4. The van der Waals surface area contributed by atoms with E-state index < -0.39 is 9.84 Å². The zero-order valence-electron chi connectivity index (χ0n) is 15.8. The van der Waals surface area contributed by atoms with Crippen LogP contribution in [0.4, 0.5) is 5.88 Å². The van der Waals surface area contributed by atoms with Crippen LogP contribution in [-0.2, 0) is 9.84 Å². The first-order valence-electron chi connectivity index (χ1n) is 9.37. The molecule has 5 nitrogen and oxygen atoms in total. The largest absolute Gasteiger partial charge is 0.419 e. The van der Waals surface area contributed by atoms with Gasteiger partial charge in [0.05, 0.1) is 4.90 Å². The number of halogens is 2. The van der Waals surface area contributed by atoms with Crippen LogP contribution in [0.3, 0.4) is 0 Å². The van der Waals surface area contributed by atoms with Gasteiger partial charge >= 0.3 is 0 Å². The van der Waals surface area contributed by atoms with Gasteiger partial charge in [0.15, 0.2) is 0 Å². The maximum Gasteiger partial charge on any atom is 0.236 e. The topological polar surface area (TPSA) is 63.4 Å². The van der Waals surface area contributed by atoms with Gasteiger partial charge in [-0.3, -0.25) is 0 Å². The third-order valence-corrected chi connectivity index (χ3v) is 7.57. The van der Waals surface area contributed by atoms with Crippen LogP contribution in [0.2, 0.25) is 5.02 Å². The standard InChI is InChI=1S/C21H20BrClN2O3S/c1-14-10-12-25(13-11-14)21-20(29(26,27)18-8-6-17(23)7-9-18)24-19(28-21)15-2-4-16(22)5-3-15/h2-9,14H,10-13H2,1H3. The van der Waals surface area contributed by atoms with Gasteiger partial charge in [-0.2, -0.15) is 4.98 Å². The minimum atomic E-state index is -3.86. The lowest BCUT2D eigenvalue weighted by Gasteiger charge is -2.30. The van der Waals surface area contributed by atoms with Crippen LogP contribution in [0.1, 0.15) is 19.8 Å². The molecule has 0 amide bonds. The second-order valence-electron chi connectivity index (χ2n) is 7.26. The van der Waals surface area contributed by atoms with Gasteiger partial charge in [0.2, 0.25) is 26.6 Å². The van der Waals surface area contributed by atoms with Crippen molar-refractivity contribution in [1.29, 1.82) is 0 Å². The molecular formula is C21H20BrClN2O3S. The first kappa shape index (κ1) is 20.4. The molecule has 0 N–H and O–H groups in total. The first-order chi connectivity index (χ1) is 13.8. The minimum absolute atomic E-state index is 0.0488. The Bertz CT molecular complexity index is 1100. The van der Waals surface area contributed by atoms with Crippen LogP contribution in [0.15, 0.2) is 67.3 Å². The van der Waals surface area contributed by atoms with E-state index in [1.807, 2.05) is 29.2 Å². The maximum atomic E-state index is 13.4. The number of sulfone groups is 1. The minimum Gasteiger partial charge on any atom is -0.419 e. The van der Waals surface area contributed by atoms with E-state index in [1.54, 1.807) is 12.1 Å². The van der Waals surface area contributed by atoms with E-state index in [-0.39, 0.29) is 9.92 Å². The van der Waals surface area contributed by atoms with Crippen LogP contribution in [0, 0.1) is 5.92 Å². The SMILES string of the molecule is CC1CCN(c2oc(-c3ccc(Br)cc3)nc2S(=O)(=O)c2ccc(Cl)cc2)CC1. The molecular weight excluding hydrogens is 476 g/mol. The molecule has 0 radical (unpaired) electrons. The Morgan fingerprint density at radius 2 is 1.69 bits per heavy atom. The van der Waals surface area contributed by atoms with Crippen molar-refractivity contribution >= 4 is 43.3 Å². The number of benzene rings is 2. The first-order valence-corrected chi connectivity index (χ1v) is 12.0. The smallest absolute Gasteiger partial charge is 0.236 e. The summed E-state index contributed by atoms with van der Waals surface area (Å²) in [7, 11) is -3.86. The average Bonchev–Trinajstić information content (AvgIpc) is 3.16. The second kappa shape index (κ2) is 8.13. The molecule has 152 valence electrons. The van der Waals surface area contributed by atoms with Crippen molar-refractivity contribution in [1.82, 2.24) is 4.98 Å². The van der Waals surface area contributed by atoms with Crippen molar-refractivity contribution < 1.29 is 12.8 Å². The molecule has 29 heavy (non-hydrogen) atoms. The monoisotopic (exact) mass is 494 g/mol. The van der Waals surface area contributed by atoms with Gasteiger partial charge in [-0.25, -0.2) is 8.42 Å². The van der Waals surface area contributed by atoms with Gasteiger partial charge in [-0.05, 0) is 67.3 Å². The third kappa shape index (κ3) is 4.22. The number of nitrogens with zero attached hydrogens (tertiary/aromatic N) is 2. The Kier molecular flexibility index (Phi) is 5.73. The molecule has 1 saturated heterocycles. The number of hydrogen-bond acceptors (Lipinski definition) is 5. The van der Waals surface area contributed by atoms with Crippen LogP contribution in [-0.4, -0.2) is 26.5 Å². The molecule has 1 aliphatic heterocycles. The van der Waals surface area contributed by atoms with E-state index >= 15 is 0 Å². The number of aromatic nitrogens is 1. The van der Waals surface area contributed by atoms with Crippen molar-refractivity contribution in [3.05, 3.63) is 58.0 Å². The van der Waals surface area contributed by atoms with Crippen LogP contribution in [0.5, 0.6) is 0 Å². The van der Waals surface area contributed by atoms with Gasteiger partial charge < -0.3 is 9.32 Å². The molecule has 4 rings (SSSR count). The highest BCUT2D eigenvalue weighted by Crippen LogP contribution is 2.36. The molecule has 3 aromatic rings. The van der Waals surface area contributed by atoms with E-state index in [1.165, 1.54) is 12.1 Å². The van der Waals surface area contributed by atoms with Gasteiger partial charge in [0, 0.05) is 28.1 Å². The predicted molar refractivity (Wildman–Crippen MR) is 117 cm³/mol. The van der Waals surface area contributed by atoms with Gasteiger partial charge in [0.1, 0.15) is 0 Å². The van der Waals surface area contributed by atoms with Crippen molar-refractivity contribution in [2.45, 2.75) is 29.7 Å². The molecule has 0 aliphatic carbocycles. The summed E-state index contributed by atoms with van der Waals surface area (Å²) in [5.41, 5.74) is 0.720. The normalized spacial score (nSPS) is 15.6. The summed E-state index contributed by atoms with van der Waals surface area (Å²) in [5.74, 6) is 1.21. The zero-order chi connectivity index (χ0) is 20.6. The van der Waals surface area contributed by atoms with E-state index in [9.17, 15) is 8.42 Å². The fourth-order valence-electron chi connectivity index (χ4n) is 3.33. The lowest BCUT2D eigenvalue weighted by atomic mass is 9.99. The Labute approximate surface area is 183 Å². The molecule has 1 aromatic heterocycles. The van der Waals surface area contributed by atoms with E-state index in [0.29, 0.717) is 22.7 Å². The fourth-order valence-corrected chi connectivity index (χ4v) is 5.04. The molecule has 0 atom stereocenters. The molecule has 0 bridgehead atoms. The highest BCUT2D eigenvalue weighted by Gasteiger charge is 2.32. The summed E-state index contributed by atoms with van der Waals surface area (Å²) < 4.78 is 33.7. The van der Waals surface area contributed by atoms with Crippen LogP contribution in [0.25, 0.3) is 11.5 Å². The van der Waals surface area contributed by atoms with Crippen LogP contribution >= 0.6 is 27.5 Å². The van der Waals surface area contributed by atoms with Gasteiger partial charge in [0.25, 0.3) is 0 Å². The van der Waals surface area contributed by atoms with Crippen molar-refractivity contribution in [3.8, 4) is 11.5 Å². The summed E-state index contributed by atoms with van der Waals surface area (Å²) in [6.07, 6.45) is 1.96. The summed E-state index contributed by atoms with van der Waals surface area (Å²) in [4.78, 5) is 6.56. The van der Waals surface area contributed by atoms with E-state index in [0.717, 1.165) is 36.0 Å². The average molecular weight is 496 g/mol. The highest BCUT2D eigenvalue weighted by atomic mass is 79.9. The lowest BCUT2D eigenvalue weighted by molar-refractivity contribution is 0.415. The number of anilines is 1. The Morgan fingerprint density at radius 1 is 1.07 bits per heavy atom. The molecule has 0 unspecified atom stereocenters. The van der Waals surface area contributed by atoms with Crippen LogP contribution < -0.4 is 4.90 Å². The number of piperidine rings is 1. The molecule has 8 heteroatoms. The molecule has 0 saturated carbocycles. The molecule has 0 spiro atoms. The van der Waals surface area contributed by atoms with Gasteiger partial charge in [-0.1, -0.05) is 34.5 Å². The zero-order valence-corrected chi connectivity index (χ0v) is 19.0. The van der Waals surface area contributed by atoms with Crippen molar-refractivity contribution in [2.24, 2.45) is 5.92 Å². The van der Waals surface area contributed by atoms with E-state index in [2.05, 4.69) is 27.8 Å². The fraction of sp³-hybridized carbons (Fsp3) is 0.286. The van der Waals surface area contributed by atoms with E-state index in [4.69, 9.17) is 16.0 Å². The number of hydrogen-bond donors (Lipinski definition) is 0. The Balaban J connectivity index is 1.82. The maximum absolute atomic E-state index is 13.4. The highest BCUT2D eigenvalue weighted by molar-refractivity contribution is 9.10. The van der Waals surface area contributed by atoms with Crippen molar-refractivity contribution in [3.63, 3.8) is 0 Å².